The Balaban J connectivity index is 1.57. The molecule has 0 spiro atoms. The van der Waals surface area contributed by atoms with Crippen molar-refractivity contribution in [2.45, 2.75) is 19.3 Å². The van der Waals surface area contributed by atoms with Crippen LogP contribution in [0.5, 0.6) is 0 Å². The third-order valence-electron chi connectivity index (χ3n) is 4.90. The van der Waals surface area contributed by atoms with Crippen LogP contribution in [-0.2, 0) is 23.9 Å². The van der Waals surface area contributed by atoms with E-state index in [1.807, 2.05) is 12.2 Å². The van der Waals surface area contributed by atoms with Crippen LogP contribution in [-0.4, -0.2) is 62.1 Å². The molecule has 0 aromatic carbocycles. The Morgan fingerprint density at radius 3 is 2.58 bits per heavy atom. The first-order valence-electron chi connectivity index (χ1n) is 8.60. The number of amides is 2. The third-order valence-corrected chi connectivity index (χ3v) is 4.90. The number of esters is 1. The number of carbonyl (C=O) groups excluding carboxylic acids is 3. The van der Waals surface area contributed by atoms with Gasteiger partial charge in [-0.05, 0) is 12.8 Å². The Labute approximate surface area is 141 Å². The van der Waals surface area contributed by atoms with Gasteiger partial charge in [-0.25, -0.2) is 0 Å². The zero-order chi connectivity index (χ0) is 16.9. The molecule has 0 aromatic rings. The standard InChI is InChI=1S/C17H24N2O5/c20-15-9-12(10-18-15)11-24-17(22)14-4-2-1-3-13(14)16(21)19-5-7-23-8-6-19/h1-2,12-14H,3-11H2,(H,18,20)/t12-,13+,14+/m0/s1. The van der Waals surface area contributed by atoms with Crippen molar-refractivity contribution in [2.75, 3.05) is 39.5 Å². The molecule has 2 heterocycles. The predicted molar refractivity (Wildman–Crippen MR) is 84.8 cm³/mol. The second-order valence-electron chi connectivity index (χ2n) is 6.60. The molecule has 0 saturated carbocycles. The van der Waals surface area contributed by atoms with Crippen LogP contribution in [0.4, 0.5) is 0 Å². The van der Waals surface area contributed by atoms with E-state index in [-0.39, 0.29) is 36.2 Å². The number of morpholine rings is 1. The molecule has 3 atom stereocenters. The van der Waals surface area contributed by atoms with E-state index in [1.165, 1.54) is 0 Å². The minimum atomic E-state index is -0.435. The fraction of sp³-hybridized carbons (Fsp3) is 0.706. The van der Waals surface area contributed by atoms with Gasteiger partial charge in [0, 0.05) is 32.0 Å². The second kappa shape index (κ2) is 7.79. The highest BCUT2D eigenvalue weighted by Crippen LogP contribution is 2.29. The number of hydrogen-bond donors (Lipinski definition) is 1. The summed E-state index contributed by atoms with van der Waals surface area (Å²) in [4.78, 5) is 38.2. The van der Waals surface area contributed by atoms with E-state index in [0.29, 0.717) is 52.1 Å². The summed E-state index contributed by atoms with van der Waals surface area (Å²) in [5.41, 5.74) is 0. The predicted octanol–water partition coefficient (Wildman–Crippen LogP) is 0.107. The molecule has 2 saturated heterocycles. The summed E-state index contributed by atoms with van der Waals surface area (Å²) in [6, 6.07) is 0. The Hall–Kier alpha value is -1.89. The molecular formula is C17H24N2O5. The number of allylic oxidation sites excluding steroid dienone is 2. The van der Waals surface area contributed by atoms with Crippen molar-refractivity contribution in [1.29, 1.82) is 0 Å². The lowest BCUT2D eigenvalue weighted by molar-refractivity contribution is -0.157. The van der Waals surface area contributed by atoms with Gasteiger partial charge in [-0.1, -0.05) is 12.2 Å². The number of carbonyl (C=O) groups is 3. The molecule has 0 unspecified atom stereocenters. The average Bonchev–Trinajstić information content (AvgIpc) is 3.05. The summed E-state index contributed by atoms with van der Waals surface area (Å²) in [6.45, 7) is 3.04. The lowest BCUT2D eigenvalue weighted by Crippen LogP contribution is -2.47. The fourth-order valence-electron chi connectivity index (χ4n) is 3.46. The summed E-state index contributed by atoms with van der Waals surface area (Å²) < 4.78 is 10.7. The van der Waals surface area contributed by atoms with Crippen LogP contribution in [0.15, 0.2) is 12.2 Å². The average molecular weight is 336 g/mol. The molecule has 2 aliphatic heterocycles. The zero-order valence-electron chi connectivity index (χ0n) is 13.7. The number of hydrogen-bond acceptors (Lipinski definition) is 5. The topological polar surface area (TPSA) is 84.9 Å². The summed E-state index contributed by atoms with van der Waals surface area (Å²) >= 11 is 0. The van der Waals surface area contributed by atoms with Gasteiger partial charge in [0.05, 0.1) is 31.7 Å². The van der Waals surface area contributed by atoms with Crippen LogP contribution >= 0.6 is 0 Å². The highest BCUT2D eigenvalue weighted by molar-refractivity contribution is 5.86. The fourth-order valence-corrected chi connectivity index (χ4v) is 3.46. The van der Waals surface area contributed by atoms with Crippen molar-refractivity contribution in [3.63, 3.8) is 0 Å². The Kier molecular flexibility index (Phi) is 5.50. The molecule has 1 N–H and O–H groups in total. The van der Waals surface area contributed by atoms with Gasteiger partial charge in [0.1, 0.15) is 0 Å². The van der Waals surface area contributed by atoms with Crippen LogP contribution in [0.25, 0.3) is 0 Å². The molecule has 132 valence electrons. The van der Waals surface area contributed by atoms with Gasteiger partial charge in [0.2, 0.25) is 11.8 Å². The van der Waals surface area contributed by atoms with Crippen molar-refractivity contribution in [3.05, 3.63) is 12.2 Å². The maximum Gasteiger partial charge on any atom is 0.310 e. The van der Waals surface area contributed by atoms with Crippen molar-refractivity contribution in [1.82, 2.24) is 10.2 Å². The van der Waals surface area contributed by atoms with Gasteiger partial charge >= 0.3 is 5.97 Å². The molecule has 7 heteroatoms. The van der Waals surface area contributed by atoms with Crippen molar-refractivity contribution in [2.24, 2.45) is 17.8 Å². The van der Waals surface area contributed by atoms with Crippen LogP contribution < -0.4 is 5.32 Å². The van der Waals surface area contributed by atoms with Gasteiger partial charge in [-0.15, -0.1) is 0 Å². The molecule has 0 bridgehead atoms. The van der Waals surface area contributed by atoms with Gasteiger partial charge in [0.25, 0.3) is 0 Å². The maximum atomic E-state index is 12.7. The SMILES string of the molecule is O=C1C[C@H](COC(=O)[C@@H]2CC=CC[C@H]2C(=O)N2CCOCC2)CN1. The van der Waals surface area contributed by atoms with Gasteiger partial charge < -0.3 is 19.7 Å². The largest absolute Gasteiger partial charge is 0.465 e. The molecular weight excluding hydrogens is 312 g/mol. The normalized spacial score (nSPS) is 30.1. The smallest absolute Gasteiger partial charge is 0.310 e. The van der Waals surface area contributed by atoms with E-state index in [4.69, 9.17) is 9.47 Å². The number of nitrogens with zero attached hydrogens (tertiary/aromatic N) is 1. The van der Waals surface area contributed by atoms with Gasteiger partial charge in [0.15, 0.2) is 0 Å². The van der Waals surface area contributed by atoms with Crippen molar-refractivity contribution in [3.8, 4) is 0 Å². The summed E-state index contributed by atoms with van der Waals surface area (Å²) in [5, 5.41) is 2.73. The highest BCUT2D eigenvalue weighted by atomic mass is 16.5. The molecule has 3 aliphatic rings. The van der Waals surface area contributed by atoms with Crippen LogP contribution in [0, 0.1) is 17.8 Å². The quantitative estimate of drug-likeness (QED) is 0.582. The van der Waals surface area contributed by atoms with Crippen molar-refractivity contribution >= 4 is 17.8 Å². The number of nitrogens with one attached hydrogen (secondary N) is 1. The molecule has 2 amide bonds. The van der Waals surface area contributed by atoms with Crippen LogP contribution in [0.3, 0.4) is 0 Å². The molecule has 24 heavy (non-hydrogen) atoms. The van der Waals surface area contributed by atoms with E-state index in [0.717, 1.165) is 0 Å². The van der Waals surface area contributed by atoms with Crippen LogP contribution in [0.2, 0.25) is 0 Å². The van der Waals surface area contributed by atoms with E-state index in [2.05, 4.69) is 5.32 Å². The highest BCUT2D eigenvalue weighted by Gasteiger charge is 2.38. The van der Waals surface area contributed by atoms with E-state index >= 15 is 0 Å². The third kappa shape index (κ3) is 3.95. The Morgan fingerprint density at radius 1 is 1.21 bits per heavy atom. The monoisotopic (exact) mass is 336 g/mol. The van der Waals surface area contributed by atoms with E-state index in [1.54, 1.807) is 4.90 Å². The van der Waals surface area contributed by atoms with Crippen molar-refractivity contribution < 1.29 is 23.9 Å². The van der Waals surface area contributed by atoms with E-state index in [9.17, 15) is 14.4 Å². The molecule has 0 radical (unpaired) electrons. The van der Waals surface area contributed by atoms with Gasteiger partial charge in [-0.2, -0.15) is 0 Å². The minimum absolute atomic E-state index is 0.00276. The second-order valence-corrected chi connectivity index (χ2v) is 6.60. The minimum Gasteiger partial charge on any atom is -0.465 e. The lowest BCUT2D eigenvalue weighted by atomic mass is 9.82. The summed E-state index contributed by atoms with van der Waals surface area (Å²) in [7, 11) is 0. The first-order valence-corrected chi connectivity index (χ1v) is 8.60. The number of ether oxygens (including phenoxy) is 2. The molecule has 2 fully saturated rings. The summed E-state index contributed by atoms with van der Waals surface area (Å²) in [5.74, 6) is -1.07. The van der Waals surface area contributed by atoms with Gasteiger partial charge in [-0.3, -0.25) is 14.4 Å². The maximum absolute atomic E-state index is 12.7. The first-order chi connectivity index (χ1) is 11.6. The van der Waals surface area contributed by atoms with E-state index < -0.39 is 5.92 Å². The zero-order valence-corrected chi connectivity index (χ0v) is 13.7. The number of rotatable bonds is 4. The Morgan fingerprint density at radius 2 is 1.92 bits per heavy atom. The lowest BCUT2D eigenvalue weighted by Gasteiger charge is -2.33. The molecule has 0 aromatic heterocycles. The molecule has 3 rings (SSSR count). The summed E-state index contributed by atoms with van der Waals surface area (Å²) in [6.07, 6.45) is 5.40. The Bertz CT molecular complexity index is 527. The molecule has 1 aliphatic carbocycles. The molecule has 7 nitrogen and oxygen atoms in total. The van der Waals surface area contributed by atoms with Crippen LogP contribution in [0.1, 0.15) is 19.3 Å². The first kappa shape index (κ1) is 17.0.